The van der Waals surface area contributed by atoms with Crippen molar-refractivity contribution in [2.45, 2.75) is 0 Å². The van der Waals surface area contributed by atoms with Crippen LogP contribution in [0.5, 0.6) is 0 Å². The number of para-hydroxylation sites is 1. The van der Waals surface area contributed by atoms with Gasteiger partial charge in [0.25, 0.3) is 0 Å². The van der Waals surface area contributed by atoms with Gasteiger partial charge in [0.05, 0.1) is 11.3 Å². The Balaban J connectivity index is 1.49. The van der Waals surface area contributed by atoms with Gasteiger partial charge in [-0.25, -0.2) is 14.6 Å². The Labute approximate surface area is 145 Å². The van der Waals surface area contributed by atoms with Crippen molar-refractivity contribution in [1.82, 2.24) is 19.7 Å². The van der Waals surface area contributed by atoms with E-state index in [0.29, 0.717) is 0 Å². The first-order chi connectivity index (χ1) is 12.3. The molecule has 2 aromatic heterocycles. The van der Waals surface area contributed by atoms with Gasteiger partial charge in [0.1, 0.15) is 18.2 Å². The molecule has 1 fully saturated rings. The second-order valence-corrected chi connectivity index (χ2v) is 5.79. The second-order valence-electron chi connectivity index (χ2n) is 5.79. The minimum absolute atomic E-state index is 0.721. The average Bonchev–Trinajstić information content (AvgIpc) is 3.23. The third-order valence-corrected chi connectivity index (χ3v) is 4.35. The fourth-order valence-corrected chi connectivity index (χ4v) is 3.06. The van der Waals surface area contributed by atoms with Gasteiger partial charge in [-0.05, 0) is 18.2 Å². The molecule has 0 spiro atoms. The lowest BCUT2D eigenvalue weighted by molar-refractivity contribution is 0.645. The summed E-state index contributed by atoms with van der Waals surface area (Å²) in [6.07, 6.45) is 5.17. The summed E-state index contributed by atoms with van der Waals surface area (Å²) < 4.78 is 1.73. The number of hydrogen-bond donors (Lipinski definition) is 0. The van der Waals surface area contributed by atoms with Gasteiger partial charge in [-0.1, -0.05) is 12.1 Å². The van der Waals surface area contributed by atoms with Crippen LogP contribution in [0.15, 0.2) is 55.1 Å². The van der Waals surface area contributed by atoms with Crippen LogP contribution < -0.4 is 9.80 Å². The summed E-state index contributed by atoms with van der Waals surface area (Å²) in [5.74, 6) is 1.65. The summed E-state index contributed by atoms with van der Waals surface area (Å²) in [5, 5.41) is 13.5. The molecular weight excluding hydrogens is 314 g/mol. The Bertz CT molecular complexity index is 890. The molecule has 1 aliphatic rings. The van der Waals surface area contributed by atoms with Gasteiger partial charge in [0.2, 0.25) is 0 Å². The fraction of sp³-hybridized carbons (Fsp3) is 0.222. The molecule has 124 valence electrons. The van der Waals surface area contributed by atoms with Crippen molar-refractivity contribution in [3.63, 3.8) is 0 Å². The van der Waals surface area contributed by atoms with Gasteiger partial charge >= 0.3 is 0 Å². The van der Waals surface area contributed by atoms with E-state index in [9.17, 15) is 5.26 Å². The van der Waals surface area contributed by atoms with Gasteiger partial charge in [0, 0.05) is 44.6 Å². The first-order valence-corrected chi connectivity index (χ1v) is 8.16. The number of rotatable bonds is 3. The molecule has 3 aromatic rings. The Morgan fingerprint density at radius 2 is 1.68 bits per heavy atom. The molecule has 4 rings (SSSR count). The van der Waals surface area contributed by atoms with E-state index in [-0.39, 0.29) is 0 Å². The normalized spacial score (nSPS) is 14.4. The quantitative estimate of drug-likeness (QED) is 0.729. The summed E-state index contributed by atoms with van der Waals surface area (Å²) in [5.41, 5.74) is 1.73. The molecule has 0 atom stereocenters. The maximum atomic E-state index is 9.29. The summed E-state index contributed by atoms with van der Waals surface area (Å²) >= 11 is 0. The second kappa shape index (κ2) is 6.61. The maximum absolute atomic E-state index is 9.29. The van der Waals surface area contributed by atoms with E-state index in [0.717, 1.165) is 49.1 Å². The Hall–Kier alpha value is -3.40. The molecule has 25 heavy (non-hydrogen) atoms. The number of nitrogens with zero attached hydrogens (tertiary/aromatic N) is 7. The van der Waals surface area contributed by atoms with Gasteiger partial charge in [-0.3, -0.25) is 0 Å². The van der Waals surface area contributed by atoms with Gasteiger partial charge in [-0.15, -0.1) is 0 Å². The first kappa shape index (κ1) is 15.1. The zero-order valence-corrected chi connectivity index (χ0v) is 13.7. The molecule has 0 saturated carbocycles. The number of anilines is 2. The van der Waals surface area contributed by atoms with Crippen LogP contribution in [0.2, 0.25) is 0 Å². The SMILES string of the molecule is N#Cc1ccccc1N1CCN(c2cc(-n3cccn3)ncn2)CC1. The van der Waals surface area contributed by atoms with E-state index in [1.807, 2.05) is 42.6 Å². The summed E-state index contributed by atoms with van der Waals surface area (Å²) in [6.45, 7) is 3.38. The first-order valence-electron chi connectivity index (χ1n) is 8.16. The van der Waals surface area contributed by atoms with Crippen LogP contribution in [0.3, 0.4) is 0 Å². The van der Waals surface area contributed by atoms with E-state index in [1.165, 1.54) is 0 Å². The van der Waals surface area contributed by atoms with Gasteiger partial charge in [-0.2, -0.15) is 10.4 Å². The highest BCUT2D eigenvalue weighted by Crippen LogP contribution is 2.23. The molecule has 1 saturated heterocycles. The number of benzene rings is 1. The highest BCUT2D eigenvalue weighted by molar-refractivity contribution is 5.60. The highest BCUT2D eigenvalue weighted by Gasteiger charge is 2.20. The number of aromatic nitrogens is 4. The zero-order valence-electron chi connectivity index (χ0n) is 13.7. The van der Waals surface area contributed by atoms with Gasteiger partial charge < -0.3 is 9.80 Å². The van der Waals surface area contributed by atoms with E-state index in [4.69, 9.17) is 0 Å². The third kappa shape index (κ3) is 3.02. The Kier molecular flexibility index (Phi) is 4.01. The Morgan fingerprint density at radius 1 is 0.920 bits per heavy atom. The van der Waals surface area contributed by atoms with Crippen LogP contribution in [0.4, 0.5) is 11.5 Å². The van der Waals surface area contributed by atoms with Crippen molar-refractivity contribution in [2.75, 3.05) is 36.0 Å². The Morgan fingerprint density at radius 3 is 2.44 bits per heavy atom. The van der Waals surface area contributed by atoms with E-state index in [2.05, 4.69) is 30.9 Å². The van der Waals surface area contributed by atoms with Crippen molar-refractivity contribution < 1.29 is 0 Å². The minimum Gasteiger partial charge on any atom is -0.367 e. The molecule has 7 nitrogen and oxygen atoms in total. The van der Waals surface area contributed by atoms with E-state index in [1.54, 1.807) is 17.2 Å². The third-order valence-electron chi connectivity index (χ3n) is 4.35. The number of nitriles is 1. The number of piperazine rings is 1. The van der Waals surface area contributed by atoms with Crippen molar-refractivity contribution in [3.8, 4) is 11.9 Å². The van der Waals surface area contributed by atoms with Crippen molar-refractivity contribution in [1.29, 1.82) is 5.26 Å². The van der Waals surface area contributed by atoms with Crippen molar-refractivity contribution in [3.05, 3.63) is 60.7 Å². The molecular formula is C18H17N7. The summed E-state index contributed by atoms with van der Waals surface area (Å²) in [7, 11) is 0. The predicted molar refractivity (Wildman–Crippen MR) is 94.7 cm³/mol. The van der Waals surface area contributed by atoms with Crippen LogP contribution in [-0.2, 0) is 0 Å². The van der Waals surface area contributed by atoms with Crippen LogP contribution in [0.25, 0.3) is 5.82 Å². The summed E-state index contributed by atoms with van der Waals surface area (Å²) in [6, 6.07) is 13.8. The molecule has 7 heteroatoms. The van der Waals surface area contributed by atoms with Crippen LogP contribution in [-0.4, -0.2) is 45.9 Å². The monoisotopic (exact) mass is 331 g/mol. The van der Waals surface area contributed by atoms with Crippen LogP contribution in [0.1, 0.15) is 5.56 Å². The van der Waals surface area contributed by atoms with E-state index < -0.39 is 0 Å². The standard InChI is InChI=1S/C18H17N7/c19-13-15-4-1-2-5-16(15)23-8-10-24(11-9-23)17-12-18(21-14-20-17)25-7-3-6-22-25/h1-7,12,14H,8-11H2. The number of hydrogen-bond acceptors (Lipinski definition) is 6. The smallest absolute Gasteiger partial charge is 0.158 e. The highest BCUT2D eigenvalue weighted by atomic mass is 15.3. The van der Waals surface area contributed by atoms with Crippen LogP contribution in [0, 0.1) is 11.3 Å². The molecule has 3 heterocycles. The van der Waals surface area contributed by atoms with Crippen molar-refractivity contribution >= 4 is 11.5 Å². The van der Waals surface area contributed by atoms with Crippen LogP contribution >= 0.6 is 0 Å². The minimum atomic E-state index is 0.721. The lowest BCUT2D eigenvalue weighted by Gasteiger charge is -2.37. The molecule has 0 bridgehead atoms. The molecule has 0 unspecified atom stereocenters. The molecule has 1 aromatic carbocycles. The fourth-order valence-electron chi connectivity index (χ4n) is 3.06. The lowest BCUT2D eigenvalue weighted by atomic mass is 10.1. The topological polar surface area (TPSA) is 73.9 Å². The van der Waals surface area contributed by atoms with Gasteiger partial charge in [0.15, 0.2) is 5.82 Å². The molecule has 0 radical (unpaired) electrons. The molecule has 0 amide bonds. The molecule has 1 aliphatic heterocycles. The largest absolute Gasteiger partial charge is 0.367 e. The lowest BCUT2D eigenvalue weighted by Crippen LogP contribution is -2.47. The zero-order chi connectivity index (χ0) is 17.1. The maximum Gasteiger partial charge on any atom is 0.158 e. The van der Waals surface area contributed by atoms with E-state index >= 15 is 0 Å². The predicted octanol–water partition coefficient (Wildman–Crippen LogP) is 1.86. The summed E-state index contributed by atoms with van der Waals surface area (Å²) in [4.78, 5) is 13.2. The molecule has 0 aliphatic carbocycles. The van der Waals surface area contributed by atoms with Crippen molar-refractivity contribution in [2.24, 2.45) is 0 Å². The average molecular weight is 331 g/mol. The molecule has 0 N–H and O–H groups in total.